The Hall–Kier alpha value is -2.44. The van der Waals surface area contributed by atoms with Gasteiger partial charge in [-0.25, -0.2) is 4.79 Å². The molecule has 18 heavy (non-hydrogen) atoms. The molecule has 0 aliphatic carbocycles. The van der Waals surface area contributed by atoms with Crippen molar-refractivity contribution >= 4 is 17.6 Å². The van der Waals surface area contributed by atoms with Crippen LogP contribution >= 0.6 is 0 Å². The van der Waals surface area contributed by atoms with E-state index in [9.17, 15) is 19.7 Å². The van der Waals surface area contributed by atoms with E-state index in [-0.39, 0.29) is 5.56 Å². The summed E-state index contributed by atoms with van der Waals surface area (Å²) in [5.41, 5.74) is -0.371. The van der Waals surface area contributed by atoms with Gasteiger partial charge in [-0.3, -0.25) is 14.9 Å². The number of hydrogen-bond donors (Lipinski definition) is 1. The van der Waals surface area contributed by atoms with Gasteiger partial charge in [-0.1, -0.05) is 6.07 Å². The van der Waals surface area contributed by atoms with Crippen LogP contribution in [0.1, 0.15) is 28.8 Å². The van der Waals surface area contributed by atoms with Gasteiger partial charge in [0.05, 0.1) is 18.0 Å². The SMILES string of the molecule is COC(=O)c1cc(C(C)C(=O)O)ccc1[N+](=O)[O-]. The van der Waals surface area contributed by atoms with Crippen molar-refractivity contribution in [3.63, 3.8) is 0 Å². The number of nitro benzene ring substituents is 1. The Morgan fingerprint density at radius 1 is 1.44 bits per heavy atom. The normalized spacial score (nSPS) is 11.7. The number of hydrogen-bond acceptors (Lipinski definition) is 5. The summed E-state index contributed by atoms with van der Waals surface area (Å²) in [6, 6.07) is 3.58. The van der Waals surface area contributed by atoms with Crippen molar-refractivity contribution < 1.29 is 24.4 Å². The fourth-order valence-electron chi connectivity index (χ4n) is 1.40. The zero-order valence-corrected chi connectivity index (χ0v) is 9.75. The molecule has 0 fully saturated rings. The number of aliphatic carboxylic acids is 1. The first kappa shape index (κ1) is 13.6. The summed E-state index contributed by atoms with van der Waals surface area (Å²) < 4.78 is 4.43. The average Bonchev–Trinajstić information content (AvgIpc) is 2.35. The van der Waals surface area contributed by atoms with Crippen LogP contribution in [0.2, 0.25) is 0 Å². The fourth-order valence-corrected chi connectivity index (χ4v) is 1.40. The minimum Gasteiger partial charge on any atom is -0.481 e. The summed E-state index contributed by atoms with van der Waals surface area (Å²) in [4.78, 5) is 32.2. The molecule has 96 valence electrons. The highest BCUT2D eigenvalue weighted by Gasteiger charge is 2.24. The zero-order chi connectivity index (χ0) is 13.9. The van der Waals surface area contributed by atoms with E-state index in [0.29, 0.717) is 5.56 Å². The first-order valence-electron chi connectivity index (χ1n) is 4.98. The molecule has 0 bridgehead atoms. The second-order valence-corrected chi connectivity index (χ2v) is 3.59. The van der Waals surface area contributed by atoms with Crippen LogP contribution in [0.25, 0.3) is 0 Å². The molecule has 0 heterocycles. The standard InChI is InChI=1S/C11H11NO6/c1-6(10(13)14)7-3-4-9(12(16)17)8(5-7)11(15)18-2/h3-6H,1-2H3,(H,13,14). The number of nitro groups is 1. The van der Waals surface area contributed by atoms with Crippen molar-refractivity contribution in [1.29, 1.82) is 0 Å². The number of carbonyl (C=O) groups is 2. The van der Waals surface area contributed by atoms with Gasteiger partial charge in [0.2, 0.25) is 0 Å². The number of rotatable bonds is 4. The average molecular weight is 253 g/mol. The maximum absolute atomic E-state index is 11.4. The second kappa shape index (κ2) is 5.26. The summed E-state index contributed by atoms with van der Waals surface area (Å²) in [6.07, 6.45) is 0. The van der Waals surface area contributed by atoms with Crippen LogP contribution in [0, 0.1) is 10.1 Å². The van der Waals surface area contributed by atoms with E-state index >= 15 is 0 Å². The van der Waals surface area contributed by atoms with Crippen molar-refractivity contribution in [2.24, 2.45) is 0 Å². The Labute approximate surface area is 102 Å². The molecule has 1 atom stereocenters. The number of carboxylic acids is 1. The Morgan fingerprint density at radius 2 is 2.06 bits per heavy atom. The summed E-state index contributed by atoms with van der Waals surface area (Å²) in [5, 5.41) is 19.6. The van der Waals surface area contributed by atoms with Crippen molar-refractivity contribution in [3.8, 4) is 0 Å². The summed E-state index contributed by atoms with van der Waals surface area (Å²) >= 11 is 0. The van der Waals surface area contributed by atoms with Gasteiger partial charge < -0.3 is 9.84 Å². The van der Waals surface area contributed by atoms with Gasteiger partial charge in [-0.05, 0) is 18.6 Å². The first-order valence-corrected chi connectivity index (χ1v) is 4.98. The van der Waals surface area contributed by atoms with Gasteiger partial charge in [0, 0.05) is 6.07 Å². The number of carbonyl (C=O) groups excluding carboxylic acids is 1. The van der Waals surface area contributed by atoms with Crippen LogP contribution in [0.15, 0.2) is 18.2 Å². The number of esters is 1. The van der Waals surface area contributed by atoms with E-state index in [4.69, 9.17) is 5.11 Å². The number of ether oxygens (including phenoxy) is 1. The third kappa shape index (κ3) is 2.62. The van der Waals surface area contributed by atoms with Gasteiger partial charge in [0.15, 0.2) is 0 Å². The molecule has 0 radical (unpaired) electrons. The number of carboxylic acid groups (broad SMARTS) is 1. The van der Waals surface area contributed by atoms with E-state index in [0.717, 1.165) is 13.2 Å². The maximum Gasteiger partial charge on any atom is 0.344 e. The lowest BCUT2D eigenvalue weighted by Crippen LogP contribution is -2.11. The zero-order valence-electron chi connectivity index (χ0n) is 9.75. The summed E-state index contributed by atoms with van der Waals surface area (Å²) in [6.45, 7) is 1.42. The van der Waals surface area contributed by atoms with Crippen LogP contribution in [0.5, 0.6) is 0 Å². The molecule has 1 N–H and O–H groups in total. The van der Waals surface area contributed by atoms with Gasteiger partial charge in [0.1, 0.15) is 5.56 Å². The molecule has 0 aromatic heterocycles. The van der Waals surface area contributed by atoms with Crippen LogP contribution < -0.4 is 0 Å². The topological polar surface area (TPSA) is 107 Å². The molecule has 0 aliphatic heterocycles. The molecular weight excluding hydrogens is 242 g/mol. The molecule has 1 rings (SSSR count). The van der Waals surface area contributed by atoms with Gasteiger partial charge >= 0.3 is 11.9 Å². The molecule has 0 aliphatic rings. The minimum absolute atomic E-state index is 0.256. The molecular formula is C11H11NO6. The molecule has 1 unspecified atom stereocenters. The highest BCUT2D eigenvalue weighted by molar-refractivity contribution is 5.94. The first-order chi connectivity index (χ1) is 8.38. The van der Waals surface area contributed by atoms with Crippen molar-refractivity contribution in [1.82, 2.24) is 0 Å². The van der Waals surface area contributed by atoms with E-state index in [2.05, 4.69) is 4.74 Å². The van der Waals surface area contributed by atoms with Gasteiger partial charge in [-0.15, -0.1) is 0 Å². The Bertz CT molecular complexity index is 510. The number of benzene rings is 1. The second-order valence-electron chi connectivity index (χ2n) is 3.59. The van der Waals surface area contributed by atoms with Gasteiger partial charge in [-0.2, -0.15) is 0 Å². The highest BCUT2D eigenvalue weighted by Crippen LogP contribution is 2.25. The Balaban J connectivity index is 3.34. The summed E-state index contributed by atoms with van der Waals surface area (Å²) in [5.74, 6) is -2.82. The molecule has 0 saturated carbocycles. The molecule has 1 aromatic carbocycles. The molecule has 0 saturated heterocycles. The predicted molar refractivity (Wildman–Crippen MR) is 60.5 cm³/mol. The minimum atomic E-state index is -1.08. The lowest BCUT2D eigenvalue weighted by Gasteiger charge is -2.08. The number of methoxy groups -OCH3 is 1. The molecule has 7 nitrogen and oxygen atoms in total. The van der Waals surface area contributed by atoms with Gasteiger partial charge in [0.25, 0.3) is 5.69 Å². The largest absolute Gasteiger partial charge is 0.481 e. The third-order valence-corrected chi connectivity index (χ3v) is 2.49. The smallest absolute Gasteiger partial charge is 0.344 e. The van der Waals surface area contributed by atoms with Crippen LogP contribution in [-0.2, 0) is 9.53 Å². The molecule has 0 amide bonds. The molecule has 7 heteroatoms. The van der Waals surface area contributed by atoms with Crippen molar-refractivity contribution in [2.75, 3.05) is 7.11 Å². The number of nitrogens with zero attached hydrogens (tertiary/aromatic N) is 1. The summed E-state index contributed by atoms with van der Waals surface area (Å²) in [7, 11) is 1.10. The molecule has 0 spiro atoms. The highest BCUT2D eigenvalue weighted by atomic mass is 16.6. The van der Waals surface area contributed by atoms with E-state index < -0.39 is 28.5 Å². The van der Waals surface area contributed by atoms with Crippen molar-refractivity contribution in [3.05, 3.63) is 39.4 Å². The third-order valence-electron chi connectivity index (χ3n) is 2.49. The maximum atomic E-state index is 11.4. The van der Waals surface area contributed by atoms with Crippen LogP contribution in [-0.4, -0.2) is 29.1 Å². The quantitative estimate of drug-likeness (QED) is 0.495. The van der Waals surface area contributed by atoms with Crippen LogP contribution in [0.4, 0.5) is 5.69 Å². The van der Waals surface area contributed by atoms with Crippen molar-refractivity contribution in [2.45, 2.75) is 12.8 Å². The Kier molecular flexibility index (Phi) is 3.98. The Morgan fingerprint density at radius 3 is 2.50 bits per heavy atom. The van der Waals surface area contributed by atoms with E-state index in [1.807, 2.05) is 0 Å². The molecule has 1 aromatic rings. The van der Waals surface area contributed by atoms with E-state index in [1.165, 1.54) is 19.1 Å². The fraction of sp³-hybridized carbons (Fsp3) is 0.273. The lowest BCUT2D eigenvalue weighted by molar-refractivity contribution is -0.385. The lowest BCUT2D eigenvalue weighted by atomic mass is 9.98. The van der Waals surface area contributed by atoms with E-state index in [1.54, 1.807) is 0 Å². The predicted octanol–water partition coefficient (Wildman–Crippen LogP) is 1.57. The monoisotopic (exact) mass is 253 g/mol. The van der Waals surface area contributed by atoms with Crippen LogP contribution in [0.3, 0.4) is 0 Å².